The Bertz CT molecular complexity index is 515. The lowest BCUT2D eigenvalue weighted by Gasteiger charge is -2.18. The topological polar surface area (TPSA) is 95.1 Å². The molecule has 1 aliphatic rings. The van der Waals surface area contributed by atoms with E-state index in [0.29, 0.717) is 23.9 Å². The Balaban J connectivity index is 1.82. The largest absolute Gasteiger partial charge is 0.544 e. The second-order valence-electron chi connectivity index (χ2n) is 5.29. The lowest BCUT2D eigenvalue weighted by Crippen LogP contribution is -2.94. The molecule has 0 unspecified atom stereocenters. The predicted molar refractivity (Wildman–Crippen MR) is 79.3 cm³/mol. The van der Waals surface area contributed by atoms with Crippen LogP contribution in [-0.2, 0) is 14.3 Å². The van der Waals surface area contributed by atoms with Gasteiger partial charge in [0.15, 0.2) is 0 Å². The Morgan fingerprint density at radius 3 is 2.73 bits per heavy atom. The van der Waals surface area contributed by atoms with Crippen molar-refractivity contribution in [3.8, 4) is 0 Å². The summed E-state index contributed by atoms with van der Waals surface area (Å²) in [6, 6.07) is 5.69. The van der Waals surface area contributed by atoms with Gasteiger partial charge in [-0.1, -0.05) is 11.6 Å². The number of carboxylic acids is 1. The number of anilines is 1. The molecule has 120 valence electrons. The van der Waals surface area contributed by atoms with E-state index in [4.69, 9.17) is 16.3 Å². The van der Waals surface area contributed by atoms with Gasteiger partial charge in [-0.05, 0) is 37.1 Å². The highest BCUT2D eigenvalue weighted by molar-refractivity contribution is 6.30. The molecule has 0 aliphatic carbocycles. The number of ether oxygens (including phenoxy) is 1. The van der Waals surface area contributed by atoms with Gasteiger partial charge in [0.25, 0.3) is 0 Å². The van der Waals surface area contributed by atoms with Crippen molar-refractivity contribution < 1.29 is 24.7 Å². The highest BCUT2D eigenvalue weighted by atomic mass is 35.5. The molecule has 3 N–H and O–H groups in total. The lowest BCUT2D eigenvalue weighted by molar-refractivity contribution is -0.687. The number of nitrogens with two attached hydrogens (primary N) is 1. The number of halogens is 1. The van der Waals surface area contributed by atoms with Crippen LogP contribution in [-0.4, -0.2) is 37.2 Å². The normalized spacial score (nSPS) is 18.9. The average Bonchev–Trinajstić information content (AvgIpc) is 2.99. The molecule has 22 heavy (non-hydrogen) atoms. The molecule has 0 aromatic heterocycles. The van der Waals surface area contributed by atoms with Crippen LogP contribution in [0.15, 0.2) is 24.3 Å². The van der Waals surface area contributed by atoms with Crippen molar-refractivity contribution in [3.05, 3.63) is 29.3 Å². The first-order valence-electron chi connectivity index (χ1n) is 7.26. The number of rotatable bonds is 7. The predicted octanol–water partition coefficient (Wildman–Crippen LogP) is -0.470. The number of carbonyl (C=O) groups is 2. The zero-order chi connectivity index (χ0) is 15.9. The van der Waals surface area contributed by atoms with E-state index in [1.54, 1.807) is 29.6 Å². The molecule has 1 aliphatic heterocycles. The number of hydrogen-bond donors (Lipinski definition) is 2. The summed E-state index contributed by atoms with van der Waals surface area (Å²) in [5.41, 5.74) is 0.575. The van der Waals surface area contributed by atoms with Gasteiger partial charge < -0.3 is 25.3 Å². The first-order chi connectivity index (χ1) is 10.5. The second kappa shape index (κ2) is 8.12. The van der Waals surface area contributed by atoms with Crippen molar-refractivity contribution in [1.82, 2.24) is 0 Å². The van der Waals surface area contributed by atoms with Crippen LogP contribution in [0.1, 0.15) is 19.3 Å². The van der Waals surface area contributed by atoms with E-state index in [0.717, 1.165) is 12.8 Å². The number of amides is 1. The van der Waals surface area contributed by atoms with E-state index < -0.39 is 12.0 Å². The van der Waals surface area contributed by atoms with Gasteiger partial charge in [0, 0.05) is 17.3 Å². The Morgan fingerprint density at radius 2 is 2.14 bits per heavy atom. The fourth-order valence-corrected chi connectivity index (χ4v) is 2.48. The van der Waals surface area contributed by atoms with Crippen LogP contribution in [0.3, 0.4) is 0 Å². The zero-order valence-corrected chi connectivity index (χ0v) is 12.8. The number of nitrogens with one attached hydrogen (secondary N) is 1. The van der Waals surface area contributed by atoms with E-state index >= 15 is 0 Å². The number of quaternary nitrogens is 1. The Hall–Kier alpha value is -1.63. The Morgan fingerprint density at radius 1 is 1.41 bits per heavy atom. The van der Waals surface area contributed by atoms with Gasteiger partial charge in [0.05, 0.1) is 12.4 Å². The quantitative estimate of drug-likeness (QED) is 0.708. The summed E-state index contributed by atoms with van der Waals surface area (Å²) in [5.74, 6) is -1.62. The smallest absolute Gasteiger partial charge is 0.230 e. The summed E-state index contributed by atoms with van der Waals surface area (Å²) >= 11 is 5.76. The molecule has 2 atom stereocenters. The fourth-order valence-electron chi connectivity index (χ4n) is 2.35. The van der Waals surface area contributed by atoms with E-state index in [2.05, 4.69) is 5.32 Å². The summed E-state index contributed by atoms with van der Waals surface area (Å²) in [4.78, 5) is 23.1. The van der Waals surface area contributed by atoms with E-state index in [1.165, 1.54) is 0 Å². The van der Waals surface area contributed by atoms with Crippen LogP contribution in [0.25, 0.3) is 0 Å². The summed E-state index contributed by atoms with van der Waals surface area (Å²) in [5, 5.41) is 16.0. The molecule has 0 spiro atoms. The van der Waals surface area contributed by atoms with Gasteiger partial charge in [-0.15, -0.1) is 0 Å². The van der Waals surface area contributed by atoms with Gasteiger partial charge in [-0.3, -0.25) is 4.79 Å². The standard InChI is InChI=1S/C15H19ClN2O4/c16-10-3-5-11(6-4-10)18-14(19)8-13(15(20)21)17-9-12-2-1-7-22-12/h3-6,12-13,17H,1-2,7-9H2,(H,18,19)(H,20,21)/t12-,13+/m1/s1. The summed E-state index contributed by atoms with van der Waals surface area (Å²) in [6.07, 6.45) is 1.82. The minimum Gasteiger partial charge on any atom is -0.544 e. The third kappa shape index (κ3) is 5.29. The van der Waals surface area contributed by atoms with Crippen molar-refractivity contribution in [2.24, 2.45) is 0 Å². The van der Waals surface area contributed by atoms with Gasteiger partial charge in [-0.2, -0.15) is 0 Å². The monoisotopic (exact) mass is 326 g/mol. The van der Waals surface area contributed by atoms with Crippen LogP contribution in [0.5, 0.6) is 0 Å². The highest BCUT2D eigenvalue weighted by Gasteiger charge is 2.23. The first kappa shape index (κ1) is 16.7. The minimum absolute atomic E-state index is 0.0566. The SMILES string of the molecule is O=C(C[C@H]([NH2+]C[C@H]1CCCO1)C(=O)[O-])Nc1ccc(Cl)cc1. The minimum atomic E-state index is -1.25. The molecule has 7 heteroatoms. The Kier molecular flexibility index (Phi) is 6.18. The first-order valence-corrected chi connectivity index (χ1v) is 7.63. The molecule has 0 radical (unpaired) electrons. The van der Waals surface area contributed by atoms with E-state index in [-0.39, 0.29) is 18.4 Å². The van der Waals surface area contributed by atoms with Crippen molar-refractivity contribution in [2.45, 2.75) is 31.4 Å². The molecule has 1 aromatic carbocycles. The van der Waals surface area contributed by atoms with Crippen LogP contribution in [0.2, 0.25) is 5.02 Å². The van der Waals surface area contributed by atoms with E-state index in [9.17, 15) is 14.7 Å². The number of carbonyl (C=O) groups excluding carboxylic acids is 2. The van der Waals surface area contributed by atoms with Crippen molar-refractivity contribution in [3.63, 3.8) is 0 Å². The third-order valence-electron chi connectivity index (χ3n) is 3.54. The van der Waals surface area contributed by atoms with E-state index in [1.807, 2.05) is 0 Å². The second-order valence-corrected chi connectivity index (χ2v) is 5.73. The molecule has 6 nitrogen and oxygen atoms in total. The number of carboxylic acid groups (broad SMARTS) is 1. The van der Waals surface area contributed by atoms with Gasteiger partial charge >= 0.3 is 0 Å². The molecular weight excluding hydrogens is 308 g/mol. The molecule has 1 saturated heterocycles. The zero-order valence-electron chi connectivity index (χ0n) is 12.1. The van der Waals surface area contributed by atoms with Crippen LogP contribution < -0.4 is 15.7 Å². The average molecular weight is 327 g/mol. The van der Waals surface area contributed by atoms with Gasteiger partial charge in [0.1, 0.15) is 18.7 Å². The number of aliphatic carboxylic acids is 1. The highest BCUT2D eigenvalue weighted by Crippen LogP contribution is 2.13. The van der Waals surface area contributed by atoms with Gasteiger partial charge in [0.2, 0.25) is 5.91 Å². The van der Waals surface area contributed by atoms with Crippen molar-refractivity contribution >= 4 is 29.2 Å². The van der Waals surface area contributed by atoms with Crippen LogP contribution >= 0.6 is 11.6 Å². The Labute approximate surface area is 133 Å². The molecule has 0 saturated carbocycles. The van der Waals surface area contributed by atoms with Crippen molar-refractivity contribution in [2.75, 3.05) is 18.5 Å². The number of benzene rings is 1. The maximum Gasteiger partial charge on any atom is 0.230 e. The molecule has 0 bridgehead atoms. The summed E-state index contributed by atoms with van der Waals surface area (Å²) in [6.45, 7) is 1.23. The molecular formula is C15H19ClN2O4. The molecule has 1 fully saturated rings. The number of hydrogen-bond acceptors (Lipinski definition) is 4. The van der Waals surface area contributed by atoms with Crippen LogP contribution in [0, 0.1) is 0 Å². The van der Waals surface area contributed by atoms with Crippen LogP contribution in [0.4, 0.5) is 5.69 Å². The fraction of sp³-hybridized carbons (Fsp3) is 0.467. The molecule has 1 amide bonds. The summed E-state index contributed by atoms with van der Waals surface area (Å²) in [7, 11) is 0. The maximum atomic E-state index is 11.9. The molecule has 1 aromatic rings. The van der Waals surface area contributed by atoms with Crippen molar-refractivity contribution in [1.29, 1.82) is 0 Å². The maximum absolute atomic E-state index is 11.9. The molecule has 2 rings (SSSR count). The third-order valence-corrected chi connectivity index (χ3v) is 3.80. The van der Waals surface area contributed by atoms with Gasteiger partial charge in [-0.25, -0.2) is 0 Å². The lowest BCUT2D eigenvalue weighted by atomic mass is 10.1. The molecule has 1 heterocycles. The summed E-state index contributed by atoms with van der Waals surface area (Å²) < 4.78 is 5.44.